The van der Waals surface area contributed by atoms with Crippen molar-refractivity contribution in [2.75, 3.05) is 6.61 Å². The summed E-state index contributed by atoms with van der Waals surface area (Å²) in [4.78, 5) is 11.3. The van der Waals surface area contributed by atoms with Crippen molar-refractivity contribution in [3.8, 4) is 22.6 Å². The lowest BCUT2D eigenvalue weighted by atomic mass is 10.0. The molecule has 0 fully saturated rings. The highest BCUT2D eigenvalue weighted by Crippen LogP contribution is 2.38. The first-order valence-corrected chi connectivity index (χ1v) is 7.67. The van der Waals surface area contributed by atoms with Gasteiger partial charge in [-0.25, -0.2) is 0 Å². The SMILES string of the molecule is CCCOc1ccccc1-c1ccc(C(N)=O)c(O)c1I. The molecule has 0 radical (unpaired) electrons. The highest BCUT2D eigenvalue weighted by Gasteiger charge is 2.17. The number of halogens is 1. The monoisotopic (exact) mass is 397 g/mol. The van der Waals surface area contributed by atoms with Gasteiger partial charge in [0.15, 0.2) is 0 Å². The number of phenols is 1. The van der Waals surface area contributed by atoms with Gasteiger partial charge in [-0.3, -0.25) is 4.79 Å². The zero-order valence-electron chi connectivity index (χ0n) is 11.6. The molecule has 21 heavy (non-hydrogen) atoms. The van der Waals surface area contributed by atoms with E-state index in [1.54, 1.807) is 6.07 Å². The summed E-state index contributed by atoms with van der Waals surface area (Å²) in [5, 5.41) is 10.1. The van der Waals surface area contributed by atoms with E-state index in [0.717, 1.165) is 23.3 Å². The molecule has 2 rings (SSSR count). The molecule has 0 spiro atoms. The first-order chi connectivity index (χ1) is 10.1. The Kier molecular flexibility index (Phi) is 5.06. The van der Waals surface area contributed by atoms with Crippen LogP contribution in [0.1, 0.15) is 23.7 Å². The van der Waals surface area contributed by atoms with Crippen LogP contribution in [0.5, 0.6) is 11.5 Å². The van der Waals surface area contributed by atoms with Gasteiger partial charge in [0.2, 0.25) is 0 Å². The van der Waals surface area contributed by atoms with Gasteiger partial charge in [0, 0.05) is 11.1 Å². The number of carbonyl (C=O) groups excluding carboxylic acids is 1. The second kappa shape index (κ2) is 6.80. The molecular formula is C16H16INO3. The zero-order valence-corrected chi connectivity index (χ0v) is 13.8. The standard InChI is InChI=1S/C16H16INO3/c1-2-9-21-13-6-4-3-5-10(13)11-7-8-12(16(18)20)15(19)14(11)17/h3-8,19H,2,9H2,1H3,(H2,18,20). The highest BCUT2D eigenvalue weighted by atomic mass is 127. The third-order valence-corrected chi connectivity index (χ3v) is 4.11. The van der Waals surface area contributed by atoms with Crippen molar-refractivity contribution >= 4 is 28.5 Å². The molecule has 3 N–H and O–H groups in total. The van der Waals surface area contributed by atoms with Crippen LogP contribution in [-0.4, -0.2) is 17.6 Å². The molecule has 2 aromatic carbocycles. The Morgan fingerprint density at radius 2 is 1.95 bits per heavy atom. The van der Waals surface area contributed by atoms with E-state index in [4.69, 9.17) is 10.5 Å². The molecule has 2 aromatic rings. The lowest BCUT2D eigenvalue weighted by Crippen LogP contribution is -2.11. The van der Waals surface area contributed by atoms with Crippen molar-refractivity contribution in [1.29, 1.82) is 0 Å². The minimum absolute atomic E-state index is 0.0918. The fraction of sp³-hybridized carbons (Fsp3) is 0.188. The molecule has 0 bridgehead atoms. The van der Waals surface area contributed by atoms with Crippen molar-refractivity contribution in [2.45, 2.75) is 13.3 Å². The van der Waals surface area contributed by atoms with Crippen LogP contribution in [-0.2, 0) is 0 Å². The maximum Gasteiger partial charge on any atom is 0.252 e. The van der Waals surface area contributed by atoms with Crippen LogP contribution in [0.4, 0.5) is 0 Å². The molecule has 5 heteroatoms. The minimum Gasteiger partial charge on any atom is -0.506 e. The van der Waals surface area contributed by atoms with Gasteiger partial charge >= 0.3 is 0 Å². The van der Waals surface area contributed by atoms with Gasteiger partial charge in [0.05, 0.1) is 15.7 Å². The summed E-state index contributed by atoms with van der Waals surface area (Å²) in [5.41, 5.74) is 7.05. The number of hydrogen-bond acceptors (Lipinski definition) is 3. The van der Waals surface area contributed by atoms with Gasteiger partial charge in [-0.2, -0.15) is 0 Å². The molecule has 0 atom stereocenters. The van der Waals surface area contributed by atoms with Crippen molar-refractivity contribution < 1.29 is 14.6 Å². The molecule has 0 aliphatic carbocycles. The van der Waals surface area contributed by atoms with E-state index in [1.807, 2.05) is 53.8 Å². The fourth-order valence-corrected chi connectivity index (χ4v) is 2.76. The van der Waals surface area contributed by atoms with E-state index < -0.39 is 5.91 Å². The molecule has 110 valence electrons. The van der Waals surface area contributed by atoms with E-state index >= 15 is 0 Å². The van der Waals surface area contributed by atoms with Gasteiger partial charge in [-0.1, -0.05) is 31.2 Å². The number of rotatable bonds is 5. The van der Waals surface area contributed by atoms with Gasteiger partial charge in [-0.15, -0.1) is 0 Å². The third-order valence-electron chi connectivity index (χ3n) is 3.02. The Morgan fingerprint density at radius 3 is 2.62 bits per heavy atom. The van der Waals surface area contributed by atoms with E-state index in [-0.39, 0.29) is 11.3 Å². The van der Waals surface area contributed by atoms with Crippen molar-refractivity contribution in [2.24, 2.45) is 5.73 Å². The first kappa shape index (κ1) is 15.6. The lowest BCUT2D eigenvalue weighted by Gasteiger charge is -2.14. The van der Waals surface area contributed by atoms with E-state index in [0.29, 0.717) is 10.2 Å². The molecule has 0 aliphatic rings. The van der Waals surface area contributed by atoms with Crippen molar-refractivity contribution in [3.63, 3.8) is 0 Å². The van der Waals surface area contributed by atoms with Crippen molar-refractivity contribution in [3.05, 3.63) is 45.5 Å². The summed E-state index contributed by atoms with van der Waals surface area (Å²) >= 11 is 2.01. The van der Waals surface area contributed by atoms with Gasteiger partial charge in [0.25, 0.3) is 5.91 Å². The normalized spacial score (nSPS) is 10.4. The molecular weight excluding hydrogens is 381 g/mol. The minimum atomic E-state index is -0.646. The topological polar surface area (TPSA) is 72.5 Å². The fourth-order valence-electron chi connectivity index (χ4n) is 2.00. The predicted molar refractivity (Wildman–Crippen MR) is 90.6 cm³/mol. The maximum absolute atomic E-state index is 11.3. The van der Waals surface area contributed by atoms with E-state index in [2.05, 4.69) is 0 Å². The van der Waals surface area contributed by atoms with Crippen LogP contribution >= 0.6 is 22.6 Å². The summed E-state index contributed by atoms with van der Waals surface area (Å²) in [6.07, 6.45) is 0.914. The van der Waals surface area contributed by atoms with E-state index in [1.165, 1.54) is 6.07 Å². The van der Waals surface area contributed by atoms with Gasteiger partial charge < -0.3 is 15.6 Å². The second-order valence-corrected chi connectivity index (χ2v) is 5.61. The average molecular weight is 397 g/mol. The zero-order chi connectivity index (χ0) is 15.4. The first-order valence-electron chi connectivity index (χ1n) is 6.59. The van der Waals surface area contributed by atoms with Gasteiger partial charge in [0.1, 0.15) is 11.5 Å². The molecule has 0 aromatic heterocycles. The number of benzene rings is 2. The van der Waals surface area contributed by atoms with Crippen LogP contribution < -0.4 is 10.5 Å². The largest absolute Gasteiger partial charge is 0.506 e. The molecule has 1 amide bonds. The summed E-state index contributed by atoms with van der Waals surface area (Å²) < 4.78 is 6.32. The molecule has 4 nitrogen and oxygen atoms in total. The Morgan fingerprint density at radius 1 is 1.24 bits per heavy atom. The van der Waals surface area contributed by atoms with Crippen LogP contribution in [0.3, 0.4) is 0 Å². The van der Waals surface area contributed by atoms with Gasteiger partial charge in [-0.05, 0) is 41.1 Å². The summed E-state index contributed by atoms with van der Waals surface area (Å²) in [6.45, 7) is 2.67. The Hall–Kier alpha value is -1.76. The Bertz CT molecular complexity index is 671. The average Bonchev–Trinajstić information content (AvgIpc) is 2.48. The molecule has 0 saturated heterocycles. The van der Waals surface area contributed by atoms with Crippen LogP contribution in [0.15, 0.2) is 36.4 Å². The lowest BCUT2D eigenvalue weighted by molar-refractivity contribution is 0.0997. The van der Waals surface area contributed by atoms with Crippen LogP contribution in [0.25, 0.3) is 11.1 Å². The summed E-state index contributed by atoms with van der Waals surface area (Å²) in [6, 6.07) is 10.9. The number of amides is 1. The van der Waals surface area contributed by atoms with Crippen LogP contribution in [0, 0.1) is 3.57 Å². The molecule has 0 aliphatic heterocycles. The molecule has 0 saturated carbocycles. The highest BCUT2D eigenvalue weighted by molar-refractivity contribution is 14.1. The summed E-state index contributed by atoms with van der Waals surface area (Å²) in [7, 11) is 0. The smallest absolute Gasteiger partial charge is 0.252 e. The van der Waals surface area contributed by atoms with E-state index in [9.17, 15) is 9.90 Å². The number of aromatic hydroxyl groups is 1. The number of carbonyl (C=O) groups is 1. The number of primary amides is 1. The van der Waals surface area contributed by atoms with Crippen LogP contribution in [0.2, 0.25) is 0 Å². The summed E-state index contributed by atoms with van der Waals surface area (Å²) in [5.74, 6) is 0.0156. The molecule has 0 heterocycles. The quantitative estimate of drug-likeness (QED) is 0.758. The number of para-hydroxylation sites is 1. The Labute approximate surface area is 137 Å². The van der Waals surface area contributed by atoms with Crippen molar-refractivity contribution in [1.82, 2.24) is 0 Å². The third kappa shape index (κ3) is 3.29. The predicted octanol–water partition coefficient (Wildman–Crippen LogP) is 3.55. The Balaban J connectivity index is 2.53. The number of hydrogen-bond donors (Lipinski definition) is 2. The maximum atomic E-state index is 11.3. The second-order valence-electron chi connectivity index (χ2n) is 4.53. The number of nitrogens with two attached hydrogens (primary N) is 1. The molecule has 0 unspecified atom stereocenters. The number of ether oxygens (including phenoxy) is 1.